The molecule has 1 aromatic heterocycles. The van der Waals surface area contributed by atoms with Gasteiger partial charge in [-0.15, -0.1) is 12.4 Å². The first-order chi connectivity index (χ1) is 13.4. The number of hydrogen-bond donors (Lipinski definition) is 4. The molecule has 0 bridgehead atoms. The van der Waals surface area contributed by atoms with Gasteiger partial charge in [-0.3, -0.25) is 9.59 Å². The van der Waals surface area contributed by atoms with Gasteiger partial charge in [0.2, 0.25) is 0 Å². The smallest absolute Gasteiger partial charge is 0.256 e. The largest absolute Gasteiger partial charge is 0.392 e. The summed E-state index contributed by atoms with van der Waals surface area (Å²) in [4.78, 5) is 26.9. The Morgan fingerprint density at radius 2 is 2.17 bits per heavy atom. The normalized spacial score (nSPS) is 21.2. The zero-order valence-corrected chi connectivity index (χ0v) is 16.3. The van der Waals surface area contributed by atoms with Crippen LogP contribution in [0.4, 0.5) is 10.1 Å². The van der Waals surface area contributed by atoms with E-state index in [1.165, 1.54) is 19.1 Å². The molecule has 0 radical (unpaired) electrons. The third-order valence-electron chi connectivity index (χ3n) is 4.81. The number of H-pyrrole nitrogens is 1. The molecule has 1 aromatic carbocycles. The minimum absolute atomic E-state index is 0. The van der Waals surface area contributed by atoms with Gasteiger partial charge in [0.05, 0.1) is 29.0 Å². The summed E-state index contributed by atoms with van der Waals surface area (Å²) in [5.74, 6) is 4.79. The number of carbonyl (C=O) groups is 2. The number of benzene rings is 1. The molecule has 0 aliphatic carbocycles. The first kappa shape index (κ1) is 20.8. The van der Waals surface area contributed by atoms with Crippen molar-refractivity contribution in [3.05, 3.63) is 52.6 Å². The summed E-state index contributed by atoms with van der Waals surface area (Å²) in [6.45, 7) is 1.90. The van der Waals surface area contributed by atoms with Crippen molar-refractivity contribution in [3.63, 3.8) is 0 Å². The number of nitrogens with one attached hydrogen (secondary N) is 3. The molecule has 29 heavy (non-hydrogen) atoms. The van der Waals surface area contributed by atoms with Crippen LogP contribution >= 0.6 is 12.4 Å². The van der Waals surface area contributed by atoms with Gasteiger partial charge in [-0.1, -0.05) is 11.8 Å². The van der Waals surface area contributed by atoms with Gasteiger partial charge in [-0.05, 0) is 31.2 Å². The Kier molecular flexibility index (Phi) is 5.89. The summed E-state index contributed by atoms with van der Waals surface area (Å²) in [7, 11) is 0. The Bertz CT molecular complexity index is 1080. The second-order valence-corrected chi connectivity index (χ2v) is 6.88. The topological polar surface area (TPSA) is 94.2 Å². The van der Waals surface area contributed by atoms with E-state index in [1.807, 2.05) is 0 Å². The Labute approximate surface area is 173 Å². The summed E-state index contributed by atoms with van der Waals surface area (Å²) in [5, 5.41) is 15.4. The van der Waals surface area contributed by atoms with Crippen LogP contribution in [0.2, 0.25) is 0 Å². The molecule has 1 amide bonds. The highest BCUT2D eigenvalue weighted by atomic mass is 35.5. The second kappa shape index (κ2) is 8.21. The molecular formula is C21H19ClFN3O3. The molecule has 4 rings (SSSR count). The van der Waals surface area contributed by atoms with Gasteiger partial charge in [0, 0.05) is 36.0 Å². The summed E-state index contributed by atoms with van der Waals surface area (Å²) in [5.41, 5.74) is 2.34. The lowest BCUT2D eigenvalue weighted by atomic mass is 9.98. The van der Waals surface area contributed by atoms with Gasteiger partial charge in [-0.25, -0.2) is 4.39 Å². The molecular weight excluding hydrogens is 397 g/mol. The maximum atomic E-state index is 14.6. The van der Waals surface area contributed by atoms with E-state index in [2.05, 4.69) is 27.5 Å². The van der Waals surface area contributed by atoms with Crippen LogP contribution in [0, 0.1) is 17.7 Å². The number of anilines is 1. The predicted octanol–water partition coefficient (Wildman–Crippen LogP) is 2.35. The van der Waals surface area contributed by atoms with E-state index in [0.717, 1.165) is 0 Å². The van der Waals surface area contributed by atoms with E-state index < -0.39 is 11.9 Å². The maximum absolute atomic E-state index is 14.6. The Balaban J connectivity index is 0.00000240. The molecule has 2 aliphatic rings. The lowest BCUT2D eigenvalue weighted by Crippen LogP contribution is -2.19. The number of hydrogen-bond acceptors (Lipinski definition) is 4. The molecule has 2 aliphatic heterocycles. The predicted molar refractivity (Wildman–Crippen MR) is 110 cm³/mol. The van der Waals surface area contributed by atoms with Crippen LogP contribution in [0.5, 0.6) is 0 Å². The molecule has 4 N–H and O–H groups in total. The SMILES string of the molecule is CC(=O)c1c[nH]c(C=C2C(=O)Nc3ccc(F)c(C#C[C@@H]4C[C@@H](O)CN4)c32)c1.Cl. The Morgan fingerprint density at radius 3 is 2.83 bits per heavy atom. The number of amides is 1. The molecule has 6 nitrogen and oxygen atoms in total. The standard InChI is InChI=1S/C21H18FN3O3.ClH/c1-11(26)12-6-14(23-9-12)8-17-20-16(3-2-13-7-15(27)10-24-13)18(22)4-5-19(20)25-21(17)28;/h4-6,8-9,13,15,23-24,27H,7,10H2,1H3,(H,25,28);1H/t13-,15-;/m1./s1. The number of aliphatic hydroxyl groups is 1. The molecule has 0 unspecified atom stereocenters. The number of aromatic amines is 1. The summed E-state index contributed by atoms with van der Waals surface area (Å²) in [6, 6.07) is 4.17. The summed E-state index contributed by atoms with van der Waals surface area (Å²) >= 11 is 0. The molecule has 2 atom stereocenters. The highest BCUT2D eigenvalue weighted by molar-refractivity contribution is 6.35. The Hall–Kier alpha value is -2.92. The van der Waals surface area contributed by atoms with Crippen LogP contribution in [-0.4, -0.2) is 40.5 Å². The quantitative estimate of drug-likeness (QED) is 0.344. The molecule has 0 saturated carbocycles. The zero-order valence-electron chi connectivity index (χ0n) is 15.5. The van der Waals surface area contributed by atoms with Gasteiger partial charge in [0.1, 0.15) is 5.82 Å². The molecule has 1 fully saturated rings. The highest BCUT2D eigenvalue weighted by Crippen LogP contribution is 2.36. The van der Waals surface area contributed by atoms with Crippen molar-refractivity contribution in [3.8, 4) is 11.8 Å². The fourth-order valence-corrected chi connectivity index (χ4v) is 3.36. The molecule has 0 spiro atoms. The Morgan fingerprint density at radius 1 is 1.38 bits per heavy atom. The number of β-amino-alcohol motifs (C(OH)–C–C–N with tert-alkyl or cyclic N) is 1. The van der Waals surface area contributed by atoms with Crippen LogP contribution in [0.15, 0.2) is 24.4 Å². The molecule has 8 heteroatoms. The van der Waals surface area contributed by atoms with Crippen molar-refractivity contribution in [2.75, 3.05) is 11.9 Å². The third kappa shape index (κ3) is 4.10. The number of rotatable bonds is 2. The summed E-state index contributed by atoms with van der Waals surface area (Å²) < 4.78 is 14.6. The van der Waals surface area contributed by atoms with Gasteiger partial charge in [-0.2, -0.15) is 0 Å². The monoisotopic (exact) mass is 415 g/mol. The van der Waals surface area contributed by atoms with E-state index in [9.17, 15) is 19.1 Å². The minimum Gasteiger partial charge on any atom is -0.392 e. The van der Waals surface area contributed by atoms with Gasteiger partial charge in [0.15, 0.2) is 5.78 Å². The first-order valence-electron chi connectivity index (χ1n) is 8.90. The number of Topliss-reactive ketones (excluding diaryl/α,β-unsaturated/α-hetero) is 1. The average molecular weight is 416 g/mol. The van der Waals surface area contributed by atoms with Crippen molar-refractivity contribution >= 4 is 41.4 Å². The van der Waals surface area contributed by atoms with Crippen LogP contribution < -0.4 is 10.6 Å². The fourth-order valence-electron chi connectivity index (χ4n) is 3.36. The third-order valence-corrected chi connectivity index (χ3v) is 4.81. The highest BCUT2D eigenvalue weighted by Gasteiger charge is 2.29. The van der Waals surface area contributed by atoms with Crippen molar-refractivity contribution in [2.45, 2.75) is 25.5 Å². The van der Waals surface area contributed by atoms with E-state index in [4.69, 9.17) is 0 Å². The molecule has 1 saturated heterocycles. The van der Waals surface area contributed by atoms with Crippen molar-refractivity contribution in [2.24, 2.45) is 0 Å². The van der Waals surface area contributed by atoms with E-state index in [0.29, 0.717) is 35.5 Å². The fraction of sp³-hybridized carbons (Fsp3) is 0.238. The molecule has 150 valence electrons. The van der Waals surface area contributed by atoms with Crippen LogP contribution in [0.25, 0.3) is 11.6 Å². The van der Waals surface area contributed by atoms with Crippen molar-refractivity contribution in [1.29, 1.82) is 0 Å². The van der Waals surface area contributed by atoms with Gasteiger partial charge < -0.3 is 20.7 Å². The van der Waals surface area contributed by atoms with Crippen LogP contribution in [0.1, 0.15) is 40.5 Å². The van der Waals surface area contributed by atoms with Crippen molar-refractivity contribution < 1.29 is 19.1 Å². The van der Waals surface area contributed by atoms with E-state index >= 15 is 0 Å². The number of aromatic nitrogens is 1. The van der Waals surface area contributed by atoms with Gasteiger partial charge in [0.25, 0.3) is 5.91 Å². The van der Waals surface area contributed by atoms with Crippen LogP contribution in [0.3, 0.4) is 0 Å². The number of ketones is 1. The van der Waals surface area contributed by atoms with Gasteiger partial charge >= 0.3 is 0 Å². The summed E-state index contributed by atoms with van der Waals surface area (Å²) in [6.07, 6.45) is 3.15. The van der Waals surface area contributed by atoms with E-state index in [-0.39, 0.29) is 41.3 Å². The number of fused-ring (bicyclic) bond motifs is 1. The lowest BCUT2D eigenvalue weighted by Gasteiger charge is -2.05. The zero-order chi connectivity index (χ0) is 19.8. The molecule has 3 heterocycles. The number of aliphatic hydroxyl groups excluding tert-OH is 1. The lowest BCUT2D eigenvalue weighted by molar-refractivity contribution is -0.110. The van der Waals surface area contributed by atoms with E-state index in [1.54, 1.807) is 18.3 Å². The average Bonchev–Trinajstić information content (AvgIpc) is 3.35. The second-order valence-electron chi connectivity index (χ2n) is 6.88. The number of carbonyl (C=O) groups excluding carboxylic acids is 2. The maximum Gasteiger partial charge on any atom is 0.256 e. The number of halogens is 2. The van der Waals surface area contributed by atoms with Crippen molar-refractivity contribution in [1.82, 2.24) is 10.3 Å². The molecule has 2 aromatic rings. The van der Waals surface area contributed by atoms with Crippen LogP contribution in [-0.2, 0) is 4.79 Å². The first-order valence-corrected chi connectivity index (χ1v) is 8.90. The minimum atomic E-state index is -0.525.